The van der Waals surface area contributed by atoms with Crippen LogP contribution in [0.4, 0.5) is 0 Å². The molecule has 1 aromatic heterocycles. The number of carbonyl (C=O) groups is 2. The van der Waals surface area contributed by atoms with Gasteiger partial charge in [-0.25, -0.2) is 0 Å². The lowest BCUT2D eigenvalue weighted by Crippen LogP contribution is -2.53. The third-order valence-corrected chi connectivity index (χ3v) is 9.17. The molecule has 2 aromatic rings. The van der Waals surface area contributed by atoms with Crippen LogP contribution in [0.25, 0.3) is 10.9 Å². The Morgan fingerprint density at radius 2 is 1.89 bits per heavy atom. The minimum absolute atomic E-state index is 0.0104. The minimum Gasteiger partial charge on any atom is -0.393 e. The molecule has 1 aliphatic heterocycles. The minimum atomic E-state index is -1.20. The van der Waals surface area contributed by atoms with Gasteiger partial charge in [-0.15, -0.1) is 0 Å². The van der Waals surface area contributed by atoms with Crippen LogP contribution < -0.4 is 5.32 Å². The van der Waals surface area contributed by atoms with Gasteiger partial charge in [-0.05, 0) is 63.0 Å². The quantitative estimate of drug-likeness (QED) is 0.367. The normalized spacial score (nSPS) is 37.2. The number of H-pyrrole nitrogens is 1. The molecule has 1 fully saturated rings. The largest absolute Gasteiger partial charge is 0.393 e. The van der Waals surface area contributed by atoms with Crippen molar-refractivity contribution in [2.45, 2.75) is 71.9 Å². The summed E-state index contributed by atoms with van der Waals surface area (Å²) in [5.41, 5.74) is 3.48. The number of ketones is 1. The smallest absolute Gasteiger partial charge is 0.235 e. The molecular formula is C32H40N2O3. The fraction of sp³-hybridized carbons (Fsp3) is 0.500. The molecule has 37 heavy (non-hydrogen) atoms. The molecule has 2 aliphatic carbocycles. The van der Waals surface area contributed by atoms with E-state index in [1.165, 1.54) is 11.1 Å². The lowest BCUT2D eigenvalue weighted by molar-refractivity contribution is -0.146. The number of para-hydroxylation sites is 1. The Balaban J connectivity index is 1.57. The van der Waals surface area contributed by atoms with Crippen LogP contribution in [-0.2, 0) is 16.0 Å². The van der Waals surface area contributed by atoms with Crippen LogP contribution in [0.5, 0.6) is 0 Å². The number of nitrogens with one attached hydrogen (secondary N) is 2. The molecule has 0 unspecified atom stereocenters. The second-order valence-corrected chi connectivity index (χ2v) is 11.7. The van der Waals surface area contributed by atoms with E-state index >= 15 is 0 Å². The van der Waals surface area contributed by atoms with Gasteiger partial charge in [0.1, 0.15) is 5.41 Å². The number of aromatic nitrogens is 1. The summed E-state index contributed by atoms with van der Waals surface area (Å²) in [7, 11) is 0. The topological polar surface area (TPSA) is 82.2 Å². The van der Waals surface area contributed by atoms with Gasteiger partial charge in [0.15, 0.2) is 5.78 Å². The van der Waals surface area contributed by atoms with E-state index in [1.807, 2.05) is 18.3 Å². The highest BCUT2D eigenvalue weighted by Crippen LogP contribution is 2.55. The molecule has 5 heteroatoms. The monoisotopic (exact) mass is 500 g/mol. The fourth-order valence-electron chi connectivity index (χ4n) is 7.19. The van der Waals surface area contributed by atoms with E-state index in [9.17, 15) is 14.7 Å². The zero-order valence-corrected chi connectivity index (χ0v) is 22.5. The molecule has 5 nitrogen and oxygen atoms in total. The van der Waals surface area contributed by atoms with Gasteiger partial charge in [0.2, 0.25) is 5.91 Å². The molecule has 1 saturated heterocycles. The SMILES string of the molecule is CC1=C[C@@H]2/C=C\C[C@H](C)/C=C(/C)CC[C@H](O)CC(=O)[C@]23C(=O)N[C@@H](Cc2c[nH]c4ccccc24)[C@@H]3[C@@H]1C. The van der Waals surface area contributed by atoms with Crippen LogP contribution in [0.1, 0.15) is 58.9 Å². The maximum Gasteiger partial charge on any atom is 0.235 e. The van der Waals surface area contributed by atoms with Gasteiger partial charge in [-0.1, -0.05) is 67.5 Å². The van der Waals surface area contributed by atoms with Gasteiger partial charge in [0.05, 0.1) is 6.10 Å². The van der Waals surface area contributed by atoms with E-state index in [4.69, 9.17) is 0 Å². The zero-order valence-electron chi connectivity index (χ0n) is 22.5. The number of Topliss-reactive ketones (excluding diaryl/α,β-unsaturated/α-hetero) is 1. The van der Waals surface area contributed by atoms with Crippen LogP contribution in [0, 0.1) is 29.1 Å². The van der Waals surface area contributed by atoms with Crippen LogP contribution in [-0.4, -0.2) is 33.9 Å². The molecule has 2 heterocycles. The first kappa shape index (κ1) is 25.7. The third-order valence-electron chi connectivity index (χ3n) is 9.17. The maximum atomic E-state index is 14.2. The summed E-state index contributed by atoms with van der Waals surface area (Å²) in [5, 5.41) is 15.3. The molecule has 7 atom stereocenters. The number of benzene rings is 1. The number of hydrogen-bond acceptors (Lipinski definition) is 3. The van der Waals surface area contributed by atoms with Crippen LogP contribution in [0.15, 0.2) is 65.9 Å². The summed E-state index contributed by atoms with van der Waals surface area (Å²) < 4.78 is 0. The van der Waals surface area contributed by atoms with Gasteiger partial charge >= 0.3 is 0 Å². The summed E-state index contributed by atoms with van der Waals surface area (Å²) in [6, 6.07) is 8.04. The van der Waals surface area contributed by atoms with Crippen molar-refractivity contribution in [2.75, 3.05) is 0 Å². The Bertz CT molecular complexity index is 1280. The van der Waals surface area contributed by atoms with Crippen molar-refractivity contribution in [2.24, 2.45) is 29.1 Å². The van der Waals surface area contributed by atoms with E-state index in [2.05, 4.69) is 74.4 Å². The van der Waals surface area contributed by atoms with Crippen molar-refractivity contribution < 1.29 is 14.7 Å². The maximum absolute atomic E-state index is 14.2. The van der Waals surface area contributed by atoms with Crippen LogP contribution in [0.2, 0.25) is 0 Å². The second kappa shape index (κ2) is 10.1. The standard InChI is InChI=1S/C32H40N2O3/c1-19-8-7-9-24-15-21(3)22(4)30-28(16-23-18-33-27-11-6-5-10-26(23)27)34-31(37)32(24,30)29(36)17-25(35)13-12-20(2)14-19/h5-7,9-11,14-15,18-19,22,24-25,28,30,33,35H,8,12-13,16-17H2,1-4H3,(H,34,37)/b9-7-,20-14-/t19-,22+,24-,25-,28-,30-,32+/m0/s1. The molecule has 0 radical (unpaired) electrons. The highest BCUT2D eigenvalue weighted by molar-refractivity contribution is 6.09. The molecule has 3 aliphatic rings. The Hall–Kier alpha value is -2.92. The molecule has 1 aromatic carbocycles. The Labute approximate surface area is 220 Å². The highest BCUT2D eigenvalue weighted by Gasteiger charge is 2.65. The summed E-state index contributed by atoms with van der Waals surface area (Å²) in [6.45, 7) is 8.57. The van der Waals surface area contributed by atoms with Crippen molar-refractivity contribution in [3.8, 4) is 0 Å². The second-order valence-electron chi connectivity index (χ2n) is 11.7. The molecule has 3 N–H and O–H groups in total. The first-order valence-electron chi connectivity index (χ1n) is 13.8. The van der Waals surface area contributed by atoms with Crippen molar-refractivity contribution in [1.82, 2.24) is 10.3 Å². The van der Waals surface area contributed by atoms with Crippen molar-refractivity contribution in [3.05, 3.63) is 71.5 Å². The Morgan fingerprint density at radius 3 is 2.70 bits per heavy atom. The summed E-state index contributed by atoms with van der Waals surface area (Å²) in [6.07, 6.45) is 12.7. The number of aliphatic hydroxyl groups excluding tert-OH is 1. The van der Waals surface area contributed by atoms with Crippen LogP contribution in [0.3, 0.4) is 0 Å². The number of fused-ring (bicyclic) bond motifs is 1. The lowest BCUT2D eigenvalue weighted by atomic mass is 9.54. The predicted molar refractivity (Wildman–Crippen MR) is 148 cm³/mol. The van der Waals surface area contributed by atoms with Gasteiger partial charge < -0.3 is 15.4 Å². The summed E-state index contributed by atoms with van der Waals surface area (Å²) in [4.78, 5) is 31.6. The van der Waals surface area contributed by atoms with E-state index in [0.29, 0.717) is 18.8 Å². The van der Waals surface area contributed by atoms with Crippen molar-refractivity contribution in [3.63, 3.8) is 0 Å². The summed E-state index contributed by atoms with van der Waals surface area (Å²) >= 11 is 0. The first-order valence-corrected chi connectivity index (χ1v) is 13.8. The van der Waals surface area contributed by atoms with E-state index in [-0.39, 0.29) is 41.9 Å². The summed E-state index contributed by atoms with van der Waals surface area (Å²) in [5.74, 6) is -0.380. The molecule has 0 saturated carbocycles. The van der Waals surface area contributed by atoms with Crippen molar-refractivity contribution in [1.29, 1.82) is 0 Å². The first-order chi connectivity index (χ1) is 17.7. The lowest BCUT2D eigenvalue weighted by Gasteiger charge is -2.45. The van der Waals surface area contributed by atoms with E-state index in [1.54, 1.807) is 0 Å². The average molecular weight is 501 g/mol. The van der Waals surface area contributed by atoms with Gasteiger partial charge in [-0.3, -0.25) is 9.59 Å². The molecular weight excluding hydrogens is 460 g/mol. The van der Waals surface area contributed by atoms with Crippen LogP contribution >= 0.6 is 0 Å². The third kappa shape index (κ3) is 4.52. The number of aliphatic hydroxyl groups is 1. The van der Waals surface area contributed by atoms with Gasteiger partial charge in [-0.2, -0.15) is 0 Å². The zero-order chi connectivity index (χ0) is 26.3. The number of amides is 1. The Morgan fingerprint density at radius 1 is 1.11 bits per heavy atom. The number of allylic oxidation sites excluding steroid dienone is 6. The number of aromatic amines is 1. The molecule has 196 valence electrons. The average Bonchev–Trinajstić information content (AvgIpc) is 3.39. The van der Waals surface area contributed by atoms with Gasteiger partial charge in [0, 0.05) is 41.4 Å². The van der Waals surface area contributed by atoms with E-state index in [0.717, 1.165) is 29.3 Å². The van der Waals surface area contributed by atoms with E-state index < -0.39 is 11.5 Å². The number of hydrogen-bond donors (Lipinski definition) is 3. The molecule has 1 spiro atoms. The highest BCUT2D eigenvalue weighted by atomic mass is 16.3. The number of carbonyl (C=O) groups excluding carboxylic acids is 2. The number of rotatable bonds is 2. The van der Waals surface area contributed by atoms with Crippen molar-refractivity contribution >= 4 is 22.6 Å². The fourth-order valence-corrected chi connectivity index (χ4v) is 7.19. The molecule has 0 bridgehead atoms. The molecule has 5 rings (SSSR count). The van der Waals surface area contributed by atoms with Gasteiger partial charge in [0.25, 0.3) is 0 Å². The molecule has 1 amide bonds. The predicted octanol–water partition coefficient (Wildman–Crippen LogP) is 5.67. The Kier molecular flexibility index (Phi) is 7.01.